The molecular formula is C30H35N3O3. The average Bonchev–Trinajstić information content (AvgIpc) is 3.21. The molecule has 0 atom stereocenters. The normalized spacial score (nSPS) is 13.7. The largest absolute Gasteiger partial charge is 0.490 e. The van der Waals surface area contributed by atoms with Crippen LogP contribution in [0.4, 0.5) is 11.4 Å². The zero-order valence-corrected chi connectivity index (χ0v) is 21.3. The lowest BCUT2D eigenvalue weighted by molar-refractivity contribution is -0.110. The lowest BCUT2D eigenvalue weighted by Gasteiger charge is -2.16. The molecule has 0 unspecified atom stereocenters. The highest BCUT2D eigenvalue weighted by atomic mass is 16.5. The van der Waals surface area contributed by atoms with Gasteiger partial charge in [-0.05, 0) is 56.1 Å². The summed E-state index contributed by atoms with van der Waals surface area (Å²) in [5.41, 5.74) is 5.88. The van der Waals surface area contributed by atoms with Crippen LogP contribution < -0.4 is 25.4 Å². The van der Waals surface area contributed by atoms with Gasteiger partial charge >= 0.3 is 0 Å². The summed E-state index contributed by atoms with van der Waals surface area (Å²) in [5, 5.41) is 10.0. The van der Waals surface area contributed by atoms with E-state index >= 15 is 0 Å². The molecule has 3 aromatic carbocycles. The molecule has 6 nitrogen and oxygen atoms in total. The summed E-state index contributed by atoms with van der Waals surface area (Å²) >= 11 is 0. The minimum Gasteiger partial charge on any atom is -0.490 e. The highest BCUT2D eigenvalue weighted by molar-refractivity contribution is 6.37. The topological polar surface area (TPSA) is 71.6 Å². The second kappa shape index (κ2) is 12.3. The molecule has 0 saturated heterocycles. The first-order valence-corrected chi connectivity index (χ1v) is 12.8. The van der Waals surface area contributed by atoms with Crippen LogP contribution in [0.2, 0.25) is 0 Å². The van der Waals surface area contributed by atoms with Crippen molar-refractivity contribution in [2.75, 3.05) is 30.4 Å². The van der Waals surface area contributed by atoms with Crippen LogP contribution in [0.3, 0.4) is 0 Å². The van der Waals surface area contributed by atoms with Crippen LogP contribution in [0.5, 0.6) is 11.5 Å². The van der Waals surface area contributed by atoms with E-state index in [2.05, 4.69) is 47.1 Å². The maximum absolute atomic E-state index is 13.3. The molecule has 6 heteroatoms. The number of benzene rings is 3. The Kier molecular flexibility index (Phi) is 8.63. The fourth-order valence-electron chi connectivity index (χ4n) is 4.23. The van der Waals surface area contributed by atoms with Crippen molar-refractivity contribution in [3.05, 3.63) is 83.4 Å². The van der Waals surface area contributed by atoms with E-state index in [9.17, 15) is 4.79 Å². The number of unbranched alkanes of at least 4 members (excludes halogenated alkanes) is 1. The van der Waals surface area contributed by atoms with E-state index < -0.39 is 0 Å². The SMILES string of the molecule is CCCCNCc1ccc(N/C(=C2\C(=O)Nc3cc(OCC)c(OCC)cc32)c2ccccc2)cc1. The fraction of sp³-hybridized carbons (Fsp3) is 0.300. The minimum atomic E-state index is -0.163. The predicted octanol–water partition coefficient (Wildman–Crippen LogP) is 6.31. The van der Waals surface area contributed by atoms with Gasteiger partial charge in [0.1, 0.15) is 0 Å². The van der Waals surface area contributed by atoms with Crippen LogP contribution in [0.25, 0.3) is 11.3 Å². The lowest BCUT2D eigenvalue weighted by atomic mass is 9.99. The van der Waals surface area contributed by atoms with Gasteiger partial charge in [0, 0.05) is 23.9 Å². The van der Waals surface area contributed by atoms with Gasteiger partial charge in [-0.1, -0.05) is 55.8 Å². The summed E-state index contributed by atoms with van der Waals surface area (Å²) in [7, 11) is 0. The highest BCUT2D eigenvalue weighted by Gasteiger charge is 2.30. The first-order valence-electron chi connectivity index (χ1n) is 12.8. The van der Waals surface area contributed by atoms with Crippen molar-refractivity contribution in [2.24, 2.45) is 0 Å². The molecule has 36 heavy (non-hydrogen) atoms. The Morgan fingerprint density at radius 2 is 1.58 bits per heavy atom. The van der Waals surface area contributed by atoms with Crippen molar-refractivity contribution in [2.45, 2.75) is 40.2 Å². The van der Waals surface area contributed by atoms with Gasteiger partial charge in [-0.25, -0.2) is 0 Å². The zero-order chi connectivity index (χ0) is 25.3. The molecule has 0 saturated carbocycles. The lowest BCUT2D eigenvalue weighted by Crippen LogP contribution is -2.14. The monoisotopic (exact) mass is 485 g/mol. The zero-order valence-electron chi connectivity index (χ0n) is 21.3. The number of carbonyl (C=O) groups is 1. The quantitative estimate of drug-likeness (QED) is 0.207. The molecule has 188 valence electrons. The van der Waals surface area contributed by atoms with Gasteiger partial charge in [-0.15, -0.1) is 0 Å². The molecule has 3 aromatic rings. The molecule has 1 heterocycles. The molecule has 1 aliphatic heterocycles. The van der Waals surface area contributed by atoms with Crippen molar-refractivity contribution in [3.63, 3.8) is 0 Å². The molecule has 0 fully saturated rings. The summed E-state index contributed by atoms with van der Waals surface area (Å²) in [6, 6.07) is 22.0. The van der Waals surface area contributed by atoms with Crippen molar-refractivity contribution in [3.8, 4) is 11.5 Å². The van der Waals surface area contributed by atoms with Crippen LogP contribution in [0, 0.1) is 0 Å². The third-order valence-corrected chi connectivity index (χ3v) is 6.00. The van der Waals surface area contributed by atoms with Gasteiger partial charge < -0.3 is 25.4 Å². The molecule has 0 aromatic heterocycles. The number of ether oxygens (including phenoxy) is 2. The number of rotatable bonds is 12. The van der Waals surface area contributed by atoms with Crippen molar-refractivity contribution >= 4 is 28.6 Å². The third kappa shape index (κ3) is 5.89. The van der Waals surface area contributed by atoms with Crippen LogP contribution in [0.1, 0.15) is 50.3 Å². The standard InChI is InChI=1S/C30H35N3O3/c1-4-7-17-31-20-21-13-15-23(16-14-21)32-29(22-11-9-8-10-12-22)28-24-18-26(35-5-2)27(36-6-3)19-25(24)33-30(28)34/h8-16,18-19,31-32H,4-7,17,20H2,1-3H3,(H,33,34)/b29-28-. The Hall–Kier alpha value is -3.77. The van der Waals surface area contributed by atoms with Gasteiger partial charge in [0.25, 0.3) is 5.91 Å². The third-order valence-electron chi connectivity index (χ3n) is 6.00. The van der Waals surface area contributed by atoms with Crippen LogP contribution in [0.15, 0.2) is 66.7 Å². The first-order chi connectivity index (χ1) is 17.6. The first kappa shape index (κ1) is 25.3. The van der Waals surface area contributed by atoms with Crippen molar-refractivity contribution in [1.82, 2.24) is 5.32 Å². The van der Waals surface area contributed by atoms with Gasteiger partial charge in [0.2, 0.25) is 0 Å². The summed E-state index contributed by atoms with van der Waals surface area (Å²) < 4.78 is 11.6. The Morgan fingerprint density at radius 3 is 2.25 bits per heavy atom. The minimum absolute atomic E-state index is 0.163. The summed E-state index contributed by atoms with van der Waals surface area (Å²) in [6.07, 6.45) is 2.36. The summed E-state index contributed by atoms with van der Waals surface area (Å²) in [5.74, 6) is 1.08. The molecule has 0 aliphatic carbocycles. The molecule has 1 amide bonds. The molecule has 4 rings (SSSR count). The predicted molar refractivity (Wildman–Crippen MR) is 147 cm³/mol. The Morgan fingerprint density at radius 1 is 0.889 bits per heavy atom. The number of amides is 1. The number of hydrogen-bond acceptors (Lipinski definition) is 5. The van der Waals surface area contributed by atoms with Gasteiger partial charge in [0.15, 0.2) is 11.5 Å². The van der Waals surface area contributed by atoms with E-state index in [1.165, 1.54) is 18.4 Å². The van der Waals surface area contributed by atoms with Crippen LogP contribution in [-0.2, 0) is 11.3 Å². The maximum Gasteiger partial charge on any atom is 0.258 e. The van der Waals surface area contributed by atoms with E-state index in [1.54, 1.807) is 0 Å². The number of hydrogen-bond donors (Lipinski definition) is 3. The molecule has 0 spiro atoms. The van der Waals surface area contributed by atoms with E-state index in [4.69, 9.17) is 9.47 Å². The van der Waals surface area contributed by atoms with Gasteiger partial charge in [-0.2, -0.15) is 0 Å². The smallest absolute Gasteiger partial charge is 0.258 e. The average molecular weight is 486 g/mol. The van der Waals surface area contributed by atoms with Crippen LogP contribution >= 0.6 is 0 Å². The summed E-state index contributed by atoms with van der Waals surface area (Å²) in [4.78, 5) is 13.3. The second-order valence-electron chi connectivity index (χ2n) is 8.63. The number of fused-ring (bicyclic) bond motifs is 1. The van der Waals surface area contributed by atoms with Crippen molar-refractivity contribution < 1.29 is 14.3 Å². The molecular weight excluding hydrogens is 450 g/mol. The Labute approximate surface area is 213 Å². The van der Waals surface area contributed by atoms with Gasteiger partial charge in [-0.3, -0.25) is 4.79 Å². The summed E-state index contributed by atoms with van der Waals surface area (Å²) in [6.45, 7) is 8.92. The Balaban J connectivity index is 1.72. The Bertz CT molecular complexity index is 1200. The van der Waals surface area contributed by atoms with Crippen LogP contribution in [-0.4, -0.2) is 25.7 Å². The molecule has 1 aliphatic rings. The number of anilines is 2. The number of carbonyl (C=O) groups excluding carboxylic acids is 1. The van der Waals surface area contributed by atoms with E-state index in [-0.39, 0.29) is 5.91 Å². The fourth-order valence-corrected chi connectivity index (χ4v) is 4.23. The number of nitrogens with one attached hydrogen (secondary N) is 3. The van der Waals surface area contributed by atoms with Gasteiger partial charge in [0.05, 0.1) is 30.2 Å². The molecule has 3 N–H and O–H groups in total. The second-order valence-corrected chi connectivity index (χ2v) is 8.63. The van der Waals surface area contributed by atoms with E-state index in [0.717, 1.165) is 35.6 Å². The molecule has 0 radical (unpaired) electrons. The maximum atomic E-state index is 13.3. The van der Waals surface area contributed by atoms with Crippen molar-refractivity contribution in [1.29, 1.82) is 0 Å². The van der Waals surface area contributed by atoms with E-state index in [1.807, 2.05) is 56.3 Å². The molecule has 0 bridgehead atoms. The van der Waals surface area contributed by atoms with E-state index in [0.29, 0.717) is 36.0 Å². The highest BCUT2D eigenvalue weighted by Crippen LogP contribution is 2.43.